The van der Waals surface area contributed by atoms with Gasteiger partial charge in [0.2, 0.25) is 0 Å². The first-order chi connectivity index (χ1) is 7.22. The van der Waals surface area contributed by atoms with E-state index in [-0.39, 0.29) is 5.69 Å². The zero-order valence-electron chi connectivity index (χ0n) is 7.95. The van der Waals surface area contributed by atoms with E-state index in [1.54, 1.807) is 6.92 Å². The van der Waals surface area contributed by atoms with Gasteiger partial charge in [0, 0.05) is 0 Å². The molecule has 0 spiro atoms. The second-order valence-electron chi connectivity index (χ2n) is 2.84. The van der Waals surface area contributed by atoms with Crippen LogP contribution in [0.2, 0.25) is 5.02 Å². The first-order valence-corrected chi connectivity index (χ1v) is 4.77. The summed E-state index contributed by atoms with van der Waals surface area (Å²) in [6, 6.07) is 1.46. The van der Waals surface area contributed by atoms with Crippen molar-refractivity contribution in [3.8, 4) is 0 Å². The highest BCUT2D eigenvalue weighted by molar-refractivity contribution is 6.35. The number of aromatic amines is 1. The summed E-state index contributed by atoms with van der Waals surface area (Å²) >= 11 is 5.93. The van der Waals surface area contributed by atoms with Gasteiger partial charge in [-0.15, -0.1) is 0 Å². The molecule has 0 aromatic carbocycles. The molecule has 1 N–H and O–H groups in total. The molecule has 2 heterocycles. The van der Waals surface area contributed by atoms with Crippen molar-refractivity contribution in [3.63, 3.8) is 0 Å². The summed E-state index contributed by atoms with van der Waals surface area (Å²) in [5.74, 6) is -0.484. The van der Waals surface area contributed by atoms with Crippen LogP contribution in [0.1, 0.15) is 17.4 Å². The Bertz CT molecular complexity index is 509. The fraction of sp³-hybridized carbons (Fsp3) is 0.222. The van der Waals surface area contributed by atoms with Crippen molar-refractivity contribution in [1.82, 2.24) is 15.2 Å². The maximum Gasteiger partial charge on any atom is 0.356 e. The molecule has 2 aromatic heterocycles. The van der Waals surface area contributed by atoms with Gasteiger partial charge in [0.25, 0.3) is 0 Å². The zero-order chi connectivity index (χ0) is 10.8. The van der Waals surface area contributed by atoms with Crippen LogP contribution in [0, 0.1) is 0 Å². The number of fused-ring (bicyclic) bond motifs is 1. The van der Waals surface area contributed by atoms with Crippen LogP contribution in [0.15, 0.2) is 12.3 Å². The Morgan fingerprint density at radius 1 is 1.67 bits per heavy atom. The Morgan fingerprint density at radius 3 is 3.20 bits per heavy atom. The molecule has 0 saturated carbocycles. The molecule has 0 saturated heterocycles. The number of hydrogen-bond acceptors (Lipinski definition) is 4. The Labute approximate surface area is 90.4 Å². The average molecular weight is 226 g/mol. The van der Waals surface area contributed by atoms with Crippen LogP contribution < -0.4 is 0 Å². The molecule has 0 unspecified atom stereocenters. The first-order valence-electron chi connectivity index (χ1n) is 4.39. The summed E-state index contributed by atoms with van der Waals surface area (Å²) in [7, 11) is 0. The fourth-order valence-corrected chi connectivity index (χ4v) is 1.45. The molecule has 0 radical (unpaired) electrons. The summed E-state index contributed by atoms with van der Waals surface area (Å²) in [6.45, 7) is 2.04. The van der Waals surface area contributed by atoms with E-state index in [1.807, 2.05) is 0 Å². The summed E-state index contributed by atoms with van der Waals surface area (Å²) in [4.78, 5) is 15.5. The van der Waals surface area contributed by atoms with Crippen molar-refractivity contribution in [2.24, 2.45) is 0 Å². The van der Waals surface area contributed by atoms with Crippen molar-refractivity contribution in [3.05, 3.63) is 23.0 Å². The number of nitrogens with one attached hydrogen (secondary N) is 1. The number of hydrogen-bond donors (Lipinski definition) is 1. The molecular formula is C9H8ClN3O2. The average Bonchev–Trinajstić information content (AvgIpc) is 2.66. The van der Waals surface area contributed by atoms with E-state index >= 15 is 0 Å². The number of rotatable bonds is 2. The first kappa shape index (κ1) is 9.92. The summed E-state index contributed by atoms with van der Waals surface area (Å²) in [6.07, 6.45) is 1.50. The van der Waals surface area contributed by atoms with Gasteiger partial charge >= 0.3 is 5.97 Å². The Hall–Kier alpha value is -1.62. The predicted molar refractivity (Wildman–Crippen MR) is 54.9 cm³/mol. The molecule has 6 heteroatoms. The number of ether oxygens (including phenoxy) is 1. The zero-order valence-corrected chi connectivity index (χ0v) is 8.71. The minimum Gasteiger partial charge on any atom is -0.461 e. The highest BCUT2D eigenvalue weighted by Crippen LogP contribution is 2.20. The second kappa shape index (κ2) is 3.86. The Balaban J connectivity index is 2.49. The van der Waals surface area contributed by atoms with E-state index in [4.69, 9.17) is 16.3 Å². The molecule has 78 valence electrons. The summed E-state index contributed by atoms with van der Waals surface area (Å²) < 4.78 is 4.82. The predicted octanol–water partition coefficient (Wildman–Crippen LogP) is 1.79. The maximum absolute atomic E-state index is 11.4. The third kappa shape index (κ3) is 1.78. The largest absolute Gasteiger partial charge is 0.461 e. The molecule has 0 aliphatic carbocycles. The van der Waals surface area contributed by atoms with Gasteiger partial charge in [0.15, 0.2) is 5.69 Å². The fourth-order valence-electron chi connectivity index (χ4n) is 1.20. The van der Waals surface area contributed by atoms with Gasteiger partial charge in [0.05, 0.1) is 17.8 Å². The standard InChI is InChI=1S/C9H8ClN3O2/c1-2-15-9(14)6-3-5(10)8-7(12-6)4-11-13-8/h3-4H,2H2,1H3,(H,11,13). The van der Waals surface area contributed by atoms with Crippen LogP contribution in [0.3, 0.4) is 0 Å². The van der Waals surface area contributed by atoms with E-state index in [0.29, 0.717) is 22.7 Å². The molecule has 0 amide bonds. The minimum absolute atomic E-state index is 0.191. The van der Waals surface area contributed by atoms with E-state index in [0.717, 1.165) is 0 Å². The minimum atomic E-state index is -0.484. The molecule has 0 fully saturated rings. The number of esters is 1. The quantitative estimate of drug-likeness (QED) is 0.792. The smallest absolute Gasteiger partial charge is 0.356 e. The van der Waals surface area contributed by atoms with Gasteiger partial charge in [-0.05, 0) is 13.0 Å². The third-order valence-corrected chi connectivity index (χ3v) is 2.15. The van der Waals surface area contributed by atoms with Gasteiger partial charge < -0.3 is 4.74 Å². The van der Waals surface area contributed by atoms with Gasteiger partial charge in [-0.1, -0.05) is 11.6 Å². The van der Waals surface area contributed by atoms with E-state index < -0.39 is 5.97 Å². The third-order valence-electron chi connectivity index (χ3n) is 1.85. The van der Waals surface area contributed by atoms with Crippen LogP contribution in [-0.4, -0.2) is 27.8 Å². The lowest BCUT2D eigenvalue weighted by atomic mass is 10.3. The lowest BCUT2D eigenvalue weighted by Crippen LogP contribution is -2.06. The Kier molecular flexibility index (Phi) is 2.55. The number of carbonyl (C=O) groups is 1. The monoisotopic (exact) mass is 225 g/mol. The number of aromatic nitrogens is 3. The van der Waals surface area contributed by atoms with Gasteiger partial charge in [-0.2, -0.15) is 5.10 Å². The molecule has 0 aliphatic rings. The van der Waals surface area contributed by atoms with E-state index in [2.05, 4.69) is 15.2 Å². The molecule has 2 rings (SSSR count). The number of nitrogens with zero attached hydrogens (tertiary/aromatic N) is 2. The number of H-pyrrole nitrogens is 1. The normalized spacial score (nSPS) is 10.5. The molecule has 5 nitrogen and oxygen atoms in total. The number of pyridine rings is 1. The van der Waals surface area contributed by atoms with Gasteiger partial charge in [0.1, 0.15) is 11.0 Å². The van der Waals surface area contributed by atoms with Gasteiger partial charge in [-0.3, -0.25) is 5.10 Å². The van der Waals surface area contributed by atoms with E-state index in [9.17, 15) is 4.79 Å². The Morgan fingerprint density at radius 2 is 2.47 bits per heavy atom. The van der Waals surface area contributed by atoms with Crippen LogP contribution >= 0.6 is 11.6 Å². The van der Waals surface area contributed by atoms with Crippen molar-refractivity contribution in [2.75, 3.05) is 6.61 Å². The molecule has 0 bridgehead atoms. The lowest BCUT2D eigenvalue weighted by molar-refractivity contribution is 0.0520. The van der Waals surface area contributed by atoms with Crippen LogP contribution in [0.5, 0.6) is 0 Å². The topological polar surface area (TPSA) is 67.9 Å². The molecule has 2 aromatic rings. The highest BCUT2D eigenvalue weighted by Gasteiger charge is 2.12. The maximum atomic E-state index is 11.4. The van der Waals surface area contributed by atoms with Crippen molar-refractivity contribution in [1.29, 1.82) is 0 Å². The van der Waals surface area contributed by atoms with Crippen molar-refractivity contribution in [2.45, 2.75) is 6.92 Å². The summed E-state index contributed by atoms with van der Waals surface area (Å²) in [5.41, 5.74) is 1.35. The lowest BCUT2D eigenvalue weighted by Gasteiger charge is -2.01. The van der Waals surface area contributed by atoms with Gasteiger partial charge in [-0.25, -0.2) is 9.78 Å². The molecule has 0 atom stereocenters. The van der Waals surface area contributed by atoms with E-state index in [1.165, 1.54) is 12.3 Å². The second-order valence-corrected chi connectivity index (χ2v) is 3.25. The van der Waals surface area contributed by atoms with Crippen LogP contribution in [-0.2, 0) is 4.74 Å². The van der Waals surface area contributed by atoms with Crippen LogP contribution in [0.4, 0.5) is 0 Å². The molecular weight excluding hydrogens is 218 g/mol. The molecule has 0 aliphatic heterocycles. The van der Waals surface area contributed by atoms with Crippen LogP contribution in [0.25, 0.3) is 11.0 Å². The summed E-state index contributed by atoms with van der Waals surface area (Å²) in [5, 5.41) is 6.88. The number of halogens is 1. The molecule has 15 heavy (non-hydrogen) atoms. The van der Waals surface area contributed by atoms with Crippen molar-refractivity contribution < 1.29 is 9.53 Å². The van der Waals surface area contributed by atoms with Crippen molar-refractivity contribution >= 4 is 28.6 Å². The SMILES string of the molecule is CCOC(=O)c1cc(Cl)c2[nH]ncc2n1. The highest BCUT2D eigenvalue weighted by atomic mass is 35.5. The number of carbonyl (C=O) groups excluding carboxylic acids is 1.